The van der Waals surface area contributed by atoms with Gasteiger partial charge in [0.1, 0.15) is 5.75 Å². The van der Waals surface area contributed by atoms with Crippen LogP contribution in [0.15, 0.2) is 48.5 Å². The van der Waals surface area contributed by atoms with Gasteiger partial charge in [-0.25, -0.2) is 0 Å². The highest BCUT2D eigenvalue weighted by Gasteiger charge is 2.18. The maximum Gasteiger partial charge on any atom is 0.255 e. The van der Waals surface area contributed by atoms with Crippen LogP contribution >= 0.6 is 0 Å². The first-order chi connectivity index (χ1) is 12.7. The molecule has 1 aliphatic rings. The van der Waals surface area contributed by atoms with Gasteiger partial charge in [-0.05, 0) is 49.2 Å². The molecule has 1 saturated heterocycles. The van der Waals surface area contributed by atoms with E-state index in [1.165, 1.54) is 0 Å². The molecule has 2 amide bonds. The van der Waals surface area contributed by atoms with E-state index in [4.69, 9.17) is 9.47 Å². The van der Waals surface area contributed by atoms with E-state index in [0.717, 1.165) is 19.4 Å². The maximum absolute atomic E-state index is 12.5. The van der Waals surface area contributed by atoms with Crippen molar-refractivity contribution in [2.75, 3.05) is 25.6 Å². The van der Waals surface area contributed by atoms with Gasteiger partial charge in [0.2, 0.25) is 0 Å². The lowest BCUT2D eigenvalue weighted by molar-refractivity contribution is 0.0858. The minimum absolute atomic E-state index is 0.0694. The Balaban J connectivity index is 1.67. The van der Waals surface area contributed by atoms with Crippen molar-refractivity contribution in [2.24, 2.45) is 0 Å². The van der Waals surface area contributed by atoms with Crippen LogP contribution in [0, 0.1) is 0 Å². The zero-order valence-electron chi connectivity index (χ0n) is 14.7. The Morgan fingerprint density at radius 3 is 2.58 bits per heavy atom. The maximum atomic E-state index is 12.5. The van der Waals surface area contributed by atoms with Gasteiger partial charge in [0.05, 0.1) is 24.5 Å². The number of carbonyl (C=O) groups excluding carboxylic acids is 2. The second-order valence-corrected chi connectivity index (χ2v) is 6.07. The third-order valence-electron chi connectivity index (χ3n) is 4.29. The first kappa shape index (κ1) is 17.9. The number of carbonyl (C=O) groups is 2. The molecule has 2 aromatic rings. The fraction of sp³-hybridized carbons (Fsp3) is 0.300. The Hall–Kier alpha value is -2.86. The van der Waals surface area contributed by atoms with Gasteiger partial charge in [0, 0.05) is 18.7 Å². The third-order valence-corrected chi connectivity index (χ3v) is 4.29. The SMILES string of the molecule is COc1ccc(C(=O)Nc2ccccc2C(=O)NC[C@H]2CCCO2)cc1. The summed E-state index contributed by atoms with van der Waals surface area (Å²) >= 11 is 0. The lowest BCUT2D eigenvalue weighted by Gasteiger charge is -2.14. The monoisotopic (exact) mass is 354 g/mol. The molecule has 1 fully saturated rings. The summed E-state index contributed by atoms with van der Waals surface area (Å²) in [6, 6.07) is 13.7. The van der Waals surface area contributed by atoms with E-state index in [2.05, 4.69) is 10.6 Å². The van der Waals surface area contributed by atoms with Crippen molar-refractivity contribution in [2.45, 2.75) is 18.9 Å². The minimum Gasteiger partial charge on any atom is -0.497 e. The first-order valence-corrected chi connectivity index (χ1v) is 8.61. The Morgan fingerprint density at radius 2 is 1.88 bits per heavy atom. The number of hydrogen-bond acceptors (Lipinski definition) is 4. The Labute approximate surface area is 152 Å². The van der Waals surface area contributed by atoms with Crippen molar-refractivity contribution in [3.63, 3.8) is 0 Å². The second kappa shape index (κ2) is 8.49. The smallest absolute Gasteiger partial charge is 0.255 e. The molecular formula is C20H22N2O4. The summed E-state index contributed by atoms with van der Waals surface area (Å²) in [6.07, 6.45) is 2.05. The van der Waals surface area contributed by atoms with Gasteiger partial charge >= 0.3 is 0 Å². The molecule has 1 atom stereocenters. The molecule has 6 nitrogen and oxygen atoms in total. The average Bonchev–Trinajstić information content (AvgIpc) is 3.20. The molecule has 26 heavy (non-hydrogen) atoms. The summed E-state index contributed by atoms with van der Waals surface area (Å²) in [5.41, 5.74) is 1.38. The largest absolute Gasteiger partial charge is 0.497 e. The Kier molecular flexibility index (Phi) is 5.86. The molecule has 0 aliphatic carbocycles. The third kappa shape index (κ3) is 4.40. The molecule has 1 heterocycles. The summed E-state index contributed by atoms with van der Waals surface area (Å²) in [4.78, 5) is 24.9. The van der Waals surface area contributed by atoms with Crippen LogP contribution in [-0.4, -0.2) is 38.2 Å². The van der Waals surface area contributed by atoms with E-state index in [1.54, 1.807) is 55.6 Å². The zero-order valence-corrected chi connectivity index (χ0v) is 14.7. The number of amides is 2. The van der Waals surface area contributed by atoms with Crippen molar-refractivity contribution >= 4 is 17.5 Å². The van der Waals surface area contributed by atoms with Crippen molar-refractivity contribution in [3.8, 4) is 5.75 Å². The topological polar surface area (TPSA) is 76.7 Å². The molecular weight excluding hydrogens is 332 g/mol. The van der Waals surface area contributed by atoms with E-state index in [-0.39, 0.29) is 17.9 Å². The number of hydrogen-bond donors (Lipinski definition) is 2. The van der Waals surface area contributed by atoms with Crippen LogP contribution < -0.4 is 15.4 Å². The van der Waals surface area contributed by atoms with E-state index in [1.807, 2.05) is 0 Å². The van der Waals surface area contributed by atoms with Crippen LogP contribution in [0.3, 0.4) is 0 Å². The quantitative estimate of drug-likeness (QED) is 0.836. The molecule has 6 heteroatoms. The van der Waals surface area contributed by atoms with Gasteiger partial charge in [0.25, 0.3) is 11.8 Å². The second-order valence-electron chi connectivity index (χ2n) is 6.07. The molecule has 0 spiro atoms. The van der Waals surface area contributed by atoms with E-state index < -0.39 is 0 Å². The van der Waals surface area contributed by atoms with Gasteiger partial charge in [-0.1, -0.05) is 12.1 Å². The number of benzene rings is 2. The number of rotatable bonds is 6. The standard InChI is InChI=1S/C20H22N2O4/c1-25-15-10-8-14(9-11-15)19(23)22-18-7-3-2-6-17(18)20(24)21-13-16-5-4-12-26-16/h2-3,6-11,16H,4-5,12-13H2,1H3,(H,21,24)(H,22,23)/t16-/m1/s1. The van der Waals surface area contributed by atoms with E-state index in [9.17, 15) is 9.59 Å². The number of nitrogens with one attached hydrogen (secondary N) is 2. The van der Waals surface area contributed by atoms with Crippen molar-refractivity contribution in [1.82, 2.24) is 5.32 Å². The van der Waals surface area contributed by atoms with Gasteiger partial charge in [-0.2, -0.15) is 0 Å². The van der Waals surface area contributed by atoms with Crippen LogP contribution in [0.25, 0.3) is 0 Å². The van der Waals surface area contributed by atoms with Crippen LogP contribution in [0.4, 0.5) is 5.69 Å². The van der Waals surface area contributed by atoms with Crippen LogP contribution in [0.5, 0.6) is 5.75 Å². The van der Waals surface area contributed by atoms with Crippen LogP contribution in [-0.2, 0) is 4.74 Å². The highest BCUT2D eigenvalue weighted by Crippen LogP contribution is 2.18. The highest BCUT2D eigenvalue weighted by molar-refractivity contribution is 6.09. The Bertz CT molecular complexity index is 768. The molecule has 1 aliphatic heterocycles. The highest BCUT2D eigenvalue weighted by atomic mass is 16.5. The molecule has 2 aromatic carbocycles. The van der Waals surface area contributed by atoms with Gasteiger partial charge in [-0.3, -0.25) is 9.59 Å². The molecule has 0 saturated carbocycles. The van der Waals surface area contributed by atoms with E-state index in [0.29, 0.717) is 29.1 Å². The normalized spacial score (nSPS) is 16.1. The zero-order chi connectivity index (χ0) is 18.4. The van der Waals surface area contributed by atoms with Crippen molar-refractivity contribution in [1.29, 1.82) is 0 Å². The number of anilines is 1. The number of ether oxygens (including phenoxy) is 2. The molecule has 136 valence electrons. The lowest BCUT2D eigenvalue weighted by Crippen LogP contribution is -2.32. The van der Waals surface area contributed by atoms with E-state index >= 15 is 0 Å². The minimum atomic E-state index is -0.285. The molecule has 0 radical (unpaired) electrons. The molecule has 0 unspecified atom stereocenters. The fourth-order valence-electron chi connectivity index (χ4n) is 2.83. The van der Waals surface area contributed by atoms with Crippen molar-refractivity contribution in [3.05, 3.63) is 59.7 Å². The number of para-hydroxylation sites is 1. The summed E-state index contributed by atoms with van der Waals surface area (Å²) in [7, 11) is 1.57. The van der Waals surface area contributed by atoms with Gasteiger partial charge in [-0.15, -0.1) is 0 Å². The predicted octanol–water partition coefficient (Wildman–Crippen LogP) is 2.86. The molecule has 0 bridgehead atoms. The fourth-order valence-corrected chi connectivity index (χ4v) is 2.83. The van der Waals surface area contributed by atoms with Crippen molar-refractivity contribution < 1.29 is 19.1 Å². The summed E-state index contributed by atoms with van der Waals surface area (Å²) in [5, 5.41) is 5.68. The summed E-state index contributed by atoms with van der Waals surface area (Å²) in [6.45, 7) is 1.22. The molecule has 2 N–H and O–H groups in total. The average molecular weight is 354 g/mol. The lowest BCUT2D eigenvalue weighted by atomic mass is 10.1. The molecule has 3 rings (SSSR count). The van der Waals surface area contributed by atoms with Crippen LogP contribution in [0.2, 0.25) is 0 Å². The first-order valence-electron chi connectivity index (χ1n) is 8.61. The Morgan fingerprint density at radius 1 is 1.12 bits per heavy atom. The summed E-state index contributed by atoms with van der Waals surface area (Å²) < 4.78 is 10.6. The van der Waals surface area contributed by atoms with Crippen LogP contribution in [0.1, 0.15) is 33.6 Å². The van der Waals surface area contributed by atoms with Gasteiger partial charge in [0.15, 0.2) is 0 Å². The number of methoxy groups -OCH3 is 1. The van der Waals surface area contributed by atoms with Gasteiger partial charge < -0.3 is 20.1 Å². The summed E-state index contributed by atoms with van der Waals surface area (Å²) in [5.74, 6) is 0.161. The molecule has 0 aromatic heterocycles. The predicted molar refractivity (Wildman–Crippen MR) is 98.7 cm³/mol.